The van der Waals surface area contributed by atoms with Crippen molar-refractivity contribution in [2.24, 2.45) is 11.8 Å². The summed E-state index contributed by atoms with van der Waals surface area (Å²) in [6, 6.07) is 0. The molecule has 2 aliphatic heterocycles. The van der Waals surface area contributed by atoms with E-state index in [-0.39, 0.29) is 0 Å². The first-order valence-electron chi connectivity index (χ1n) is 9.12. The molecule has 134 valence electrons. The minimum atomic E-state index is 0.308. The van der Waals surface area contributed by atoms with Gasteiger partial charge in [-0.25, -0.2) is 0 Å². The number of carbonyl (C=O) groups excluding carboxylic acids is 1. The molecule has 7 nitrogen and oxygen atoms in total. The lowest BCUT2D eigenvalue weighted by molar-refractivity contribution is -0.134. The molecule has 1 amide bonds. The van der Waals surface area contributed by atoms with E-state index < -0.39 is 0 Å². The first kappa shape index (κ1) is 17.4. The molecule has 0 spiro atoms. The summed E-state index contributed by atoms with van der Waals surface area (Å²) in [6.07, 6.45) is 3.16. The van der Waals surface area contributed by atoms with Gasteiger partial charge in [0, 0.05) is 39.5 Å². The van der Waals surface area contributed by atoms with Gasteiger partial charge in [-0.2, -0.15) is 4.98 Å². The highest BCUT2D eigenvalue weighted by atomic mass is 16.5. The first-order chi connectivity index (χ1) is 11.6. The molecule has 2 unspecified atom stereocenters. The maximum Gasteiger partial charge on any atom is 0.223 e. The second-order valence-corrected chi connectivity index (χ2v) is 7.17. The summed E-state index contributed by atoms with van der Waals surface area (Å²) in [5.74, 6) is 2.75. The van der Waals surface area contributed by atoms with Gasteiger partial charge in [-0.3, -0.25) is 9.69 Å². The van der Waals surface area contributed by atoms with E-state index in [2.05, 4.69) is 27.3 Å². The third kappa shape index (κ3) is 4.54. The van der Waals surface area contributed by atoms with E-state index in [0.29, 0.717) is 36.6 Å². The zero-order chi connectivity index (χ0) is 16.9. The number of nitrogens with zero attached hydrogens (tertiary/aromatic N) is 4. The summed E-state index contributed by atoms with van der Waals surface area (Å²) >= 11 is 0. The van der Waals surface area contributed by atoms with Crippen LogP contribution in [0.1, 0.15) is 37.9 Å². The van der Waals surface area contributed by atoms with E-state index in [9.17, 15) is 4.79 Å². The molecule has 2 fully saturated rings. The molecule has 1 aromatic rings. The minimum absolute atomic E-state index is 0.308. The van der Waals surface area contributed by atoms with Gasteiger partial charge in [0.05, 0.1) is 6.54 Å². The monoisotopic (exact) mass is 335 g/mol. The van der Waals surface area contributed by atoms with E-state index in [1.54, 1.807) is 6.92 Å². The van der Waals surface area contributed by atoms with E-state index >= 15 is 0 Å². The molecule has 0 aliphatic carbocycles. The van der Waals surface area contributed by atoms with Crippen LogP contribution >= 0.6 is 0 Å². The molecule has 3 rings (SSSR count). The third-order valence-electron chi connectivity index (χ3n) is 5.30. The van der Waals surface area contributed by atoms with Gasteiger partial charge in [0.25, 0.3) is 0 Å². The van der Waals surface area contributed by atoms with Gasteiger partial charge in [0.2, 0.25) is 11.8 Å². The SMILES string of the molecule is Cc1nc(CN2CCN(C(=O)CC(C)C3CCCNC3)CC2)no1. The normalized spacial score (nSPS) is 24.1. The second kappa shape index (κ2) is 8.07. The van der Waals surface area contributed by atoms with Crippen LogP contribution in [0.4, 0.5) is 0 Å². The highest BCUT2D eigenvalue weighted by molar-refractivity contribution is 5.76. The molecule has 1 aromatic heterocycles. The molecular weight excluding hydrogens is 306 g/mol. The molecular formula is C17H29N5O2. The van der Waals surface area contributed by atoms with Gasteiger partial charge >= 0.3 is 0 Å². The lowest BCUT2D eigenvalue weighted by atomic mass is 9.85. The largest absolute Gasteiger partial charge is 0.340 e. The number of piperidine rings is 1. The maximum atomic E-state index is 12.6. The Morgan fingerprint density at radius 1 is 1.38 bits per heavy atom. The smallest absolute Gasteiger partial charge is 0.223 e. The Labute approximate surface area is 143 Å². The number of hydrogen-bond donors (Lipinski definition) is 1. The van der Waals surface area contributed by atoms with Crippen molar-refractivity contribution < 1.29 is 9.32 Å². The van der Waals surface area contributed by atoms with Gasteiger partial charge in [-0.15, -0.1) is 0 Å². The fourth-order valence-electron chi connectivity index (χ4n) is 3.70. The Morgan fingerprint density at radius 2 is 2.17 bits per heavy atom. The molecule has 2 atom stereocenters. The Balaban J connectivity index is 1.41. The predicted molar refractivity (Wildman–Crippen MR) is 90.3 cm³/mol. The first-order valence-corrected chi connectivity index (χ1v) is 9.12. The number of carbonyl (C=O) groups is 1. The highest BCUT2D eigenvalue weighted by Crippen LogP contribution is 2.23. The molecule has 0 saturated carbocycles. The van der Waals surface area contributed by atoms with Crippen molar-refractivity contribution in [2.45, 2.75) is 39.7 Å². The zero-order valence-corrected chi connectivity index (χ0v) is 14.8. The van der Waals surface area contributed by atoms with Crippen molar-refractivity contribution in [3.05, 3.63) is 11.7 Å². The summed E-state index contributed by atoms with van der Waals surface area (Å²) in [7, 11) is 0. The van der Waals surface area contributed by atoms with Crippen LogP contribution < -0.4 is 5.32 Å². The van der Waals surface area contributed by atoms with Crippen molar-refractivity contribution >= 4 is 5.91 Å². The van der Waals surface area contributed by atoms with Crippen LogP contribution in [0.25, 0.3) is 0 Å². The van der Waals surface area contributed by atoms with Gasteiger partial charge in [-0.05, 0) is 37.8 Å². The lowest BCUT2D eigenvalue weighted by Crippen LogP contribution is -2.49. The fourth-order valence-corrected chi connectivity index (χ4v) is 3.70. The van der Waals surface area contributed by atoms with Crippen LogP contribution in [0.15, 0.2) is 4.52 Å². The topological polar surface area (TPSA) is 74.5 Å². The molecule has 2 saturated heterocycles. The third-order valence-corrected chi connectivity index (χ3v) is 5.30. The Kier molecular flexibility index (Phi) is 5.84. The summed E-state index contributed by atoms with van der Waals surface area (Å²) in [4.78, 5) is 21.1. The van der Waals surface area contributed by atoms with Crippen molar-refractivity contribution in [3.63, 3.8) is 0 Å². The molecule has 2 aliphatic rings. The zero-order valence-electron chi connectivity index (χ0n) is 14.8. The quantitative estimate of drug-likeness (QED) is 0.867. The number of amides is 1. The van der Waals surface area contributed by atoms with Gasteiger partial charge < -0.3 is 14.7 Å². The van der Waals surface area contributed by atoms with Gasteiger partial charge in [0.1, 0.15) is 0 Å². The van der Waals surface area contributed by atoms with E-state index in [1.165, 1.54) is 12.8 Å². The number of piperazine rings is 1. The number of rotatable bonds is 5. The Hall–Kier alpha value is -1.47. The average Bonchev–Trinajstić information content (AvgIpc) is 3.01. The standard InChI is InChI=1S/C17H29N5O2/c1-13(15-4-3-5-18-11-15)10-17(23)22-8-6-21(7-9-22)12-16-19-14(2)24-20-16/h13,15,18H,3-12H2,1-2H3. The molecule has 1 N–H and O–H groups in total. The molecule has 7 heteroatoms. The summed E-state index contributed by atoms with van der Waals surface area (Å²) in [5, 5.41) is 7.39. The van der Waals surface area contributed by atoms with Crippen molar-refractivity contribution in [3.8, 4) is 0 Å². The minimum Gasteiger partial charge on any atom is -0.340 e. The highest BCUT2D eigenvalue weighted by Gasteiger charge is 2.26. The van der Waals surface area contributed by atoms with Crippen molar-refractivity contribution in [2.75, 3.05) is 39.3 Å². The van der Waals surface area contributed by atoms with Crippen LogP contribution in [0, 0.1) is 18.8 Å². The van der Waals surface area contributed by atoms with Crippen molar-refractivity contribution in [1.82, 2.24) is 25.3 Å². The predicted octanol–water partition coefficient (Wildman–Crippen LogP) is 1.05. The average molecular weight is 335 g/mol. The van der Waals surface area contributed by atoms with Crippen LogP contribution in [-0.4, -0.2) is 65.1 Å². The number of nitrogens with one attached hydrogen (secondary N) is 1. The molecule has 0 radical (unpaired) electrons. The van der Waals surface area contributed by atoms with E-state index in [4.69, 9.17) is 4.52 Å². The van der Waals surface area contributed by atoms with E-state index in [0.717, 1.165) is 45.1 Å². The summed E-state index contributed by atoms with van der Waals surface area (Å²) in [5.41, 5.74) is 0. The van der Waals surface area contributed by atoms with E-state index in [1.807, 2.05) is 4.90 Å². The molecule has 24 heavy (non-hydrogen) atoms. The lowest BCUT2D eigenvalue weighted by Gasteiger charge is -2.35. The van der Waals surface area contributed by atoms with Gasteiger partial charge in [0.15, 0.2) is 5.82 Å². The van der Waals surface area contributed by atoms with Crippen LogP contribution in [0.2, 0.25) is 0 Å². The number of aromatic nitrogens is 2. The number of hydrogen-bond acceptors (Lipinski definition) is 6. The molecule has 0 aromatic carbocycles. The second-order valence-electron chi connectivity index (χ2n) is 7.17. The summed E-state index contributed by atoms with van der Waals surface area (Å²) in [6.45, 7) is 10.3. The van der Waals surface area contributed by atoms with Gasteiger partial charge in [-0.1, -0.05) is 12.1 Å². The summed E-state index contributed by atoms with van der Waals surface area (Å²) < 4.78 is 5.01. The number of aryl methyl sites for hydroxylation is 1. The molecule has 0 bridgehead atoms. The Morgan fingerprint density at radius 3 is 2.79 bits per heavy atom. The fraction of sp³-hybridized carbons (Fsp3) is 0.824. The van der Waals surface area contributed by atoms with Crippen LogP contribution in [-0.2, 0) is 11.3 Å². The maximum absolute atomic E-state index is 12.6. The van der Waals surface area contributed by atoms with Crippen LogP contribution in [0.5, 0.6) is 0 Å². The molecule has 3 heterocycles. The Bertz CT molecular complexity index is 533. The van der Waals surface area contributed by atoms with Crippen molar-refractivity contribution in [1.29, 1.82) is 0 Å². The van der Waals surface area contributed by atoms with Crippen LogP contribution in [0.3, 0.4) is 0 Å².